The van der Waals surface area contributed by atoms with E-state index in [1.807, 2.05) is 24.4 Å². The maximum Gasteiger partial charge on any atom is 0.0462 e. The molecule has 0 fully saturated rings. The first-order valence-electron chi connectivity index (χ1n) is 12.0. The Labute approximate surface area is 214 Å². The number of pyridine rings is 1. The largest absolute Gasteiger partial charge is 0.398 e. The number of fused-ring (bicyclic) bond motifs is 1. The summed E-state index contributed by atoms with van der Waals surface area (Å²) in [5, 5.41) is 4.62. The summed E-state index contributed by atoms with van der Waals surface area (Å²) in [5.74, 6) is 0. The van der Waals surface area contributed by atoms with Crippen LogP contribution >= 0.6 is 0 Å². The molecule has 4 N–H and O–H groups in total. The molecule has 0 aliphatic carbocycles. The van der Waals surface area contributed by atoms with Crippen LogP contribution < -0.4 is 11.1 Å². The first kappa shape index (κ1) is 26.1. The molecule has 2 aromatic carbocycles. The van der Waals surface area contributed by atoms with Crippen molar-refractivity contribution in [1.82, 2.24) is 15.3 Å². The Bertz CT molecular complexity index is 1400. The number of benzene rings is 2. The smallest absolute Gasteiger partial charge is 0.0462 e. The van der Waals surface area contributed by atoms with Gasteiger partial charge >= 0.3 is 0 Å². The van der Waals surface area contributed by atoms with Crippen LogP contribution in [0, 0.1) is 12.8 Å². The van der Waals surface area contributed by atoms with E-state index in [0.29, 0.717) is 6.04 Å². The Morgan fingerprint density at radius 3 is 2.61 bits per heavy atom. The maximum absolute atomic E-state index is 6.40. The summed E-state index contributed by atoms with van der Waals surface area (Å²) < 4.78 is 0. The quantitative estimate of drug-likeness (QED) is 0.145. The minimum atomic E-state index is 0.336. The third kappa shape index (κ3) is 6.14. The highest BCUT2D eigenvalue weighted by Gasteiger charge is 2.11. The van der Waals surface area contributed by atoms with Crippen molar-refractivity contribution in [2.24, 2.45) is 0 Å². The zero-order valence-electron chi connectivity index (χ0n) is 21.3. The lowest BCUT2D eigenvalue weighted by Crippen LogP contribution is -2.20. The molecule has 0 spiro atoms. The number of hydrogen-bond donors (Lipinski definition) is 3. The van der Waals surface area contributed by atoms with Crippen LogP contribution in [0.4, 0.5) is 5.69 Å². The van der Waals surface area contributed by atoms with E-state index in [1.54, 1.807) is 6.20 Å². The Kier molecular flexibility index (Phi) is 8.91. The molecule has 4 nitrogen and oxygen atoms in total. The Hall–Kier alpha value is -4.49. The van der Waals surface area contributed by atoms with Crippen molar-refractivity contribution in [2.75, 3.05) is 5.73 Å². The number of allylic oxidation sites excluding steroid dienone is 4. The lowest BCUT2D eigenvalue weighted by atomic mass is 9.98. The molecule has 0 aliphatic heterocycles. The van der Waals surface area contributed by atoms with Gasteiger partial charge in [0.1, 0.15) is 0 Å². The molecule has 4 heteroatoms. The van der Waals surface area contributed by atoms with Gasteiger partial charge in [-0.1, -0.05) is 36.9 Å². The molecule has 2 aromatic heterocycles. The Morgan fingerprint density at radius 1 is 1.14 bits per heavy atom. The minimum absolute atomic E-state index is 0.336. The average molecular weight is 475 g/mol. The molecule has 2 heterocycles. The number of nitrogen functional groups attached to an aromatic ring is 1. The van der Waals surface area contributed by atoms with Gasteiger partial charge in [0.15, 0.2) is 0 Å². The van der Waals surface area contributed by atoms with E-state index < -0.39 is 0 Å². The topological polar surface area (TPSA) is 66.7 Å². The number of nitrogens with two attached hydrogens (primary N) is 1. The molecule has 0 aliphatic rings. The van der Waals surface area contributed by atoms with Crippen LogP contribution in [0.5, 0.6) is 0 Å². The first-order chi connectivity index (χ1) is 17.5. The summed E-state index contributed by atoms with van der Waals surface area (Å²) in [5.41, 5.74) is 16.1. The molecule has 0 unspecified atom stereocenters. The van der Waals surface area contributed by atoms with E-state index in [0.717, 1.165) is 51.3 Å². The second-order valence-electron chi connectivity index (χ2n) is 8.74. The summed E-state index contributed by atoms with van der Waals surface area (Å²) >= 11 is 0. The van der Waals surface area contributed by atoms with Gasteiger partial charge in [-0.05, 0) is 85.5 Å². The number of H-pyrrole nitrogens is 1. The van der Waals surface area contributed by atoms with Gasteiger partial charge in [0, 0.05) is 58.4 Å². The molecule has 0 atom stereocenters. The molecule has 182 valence electrons. The van der Waals surface area contributed by atoms with Crippen LogP contribution in [-0.4, -0.2) is 16.0 Å². The van der Waals surface area contributed by atoms with Gasteiger partial charge in [0.2, 0.25) is 0 Å². The number of nitrogens with one attached hydrogen (secondary N) is 2. The number of anilines is 1. The van der Waals surface area contributed by atoms with Gasteiger partial charge in [0.25, 0.3) is 0 Å². The van der Waals surface area contributed by atoms with Crippen LogP contribution in [-0.2, 0) is 6.42 Å². The molecule has 0 saturated heterocycles. The highest BCUT2D eigenvalue weighted by atomic mass is 14.9. The third-order valence-electron chi connectivity index (χ3n) is 5.85. The van der Waals surface area contributed by atoms with E-state index in [2.05, 4.69) is 110 Å². The predicted octanol–water partition coefficient (Wildman–Crippen LogP) is 7.12. The normalized spacial score (nSPS) is 11.7. The summed E-state index contributed by atoms with van der Waals surface area (Å²) in [7, 11) is 0. The molecular weight excluding hydrogens is 440 g/mol. The van der Waals surface area contributed by atoms with E-state index in [1.165, 1.54) is 10.9 Å². The molecule has 36 heavy (non-hydrogen) atoms. The first-order valence-corrected chi connectivity index (χ1v) is 12.0. The summed E-state index contributed by atoms with van der Waals surface area (Å²) in [6.07, 6.45) is 18.5. The zero-order chi connectivity index (χ0) is 26.1. The fourth-order valence-electron chi connectivity index (χ4n) is 4.22. The van der Waals surface area contributed by atoms with Crippen LogP contribution in [0.25, 0.3) is 27.6 Å². The van der Waals surface area contributed by atoms with Crippen molar-refractivity contribution in [3.63, 3.8) is 0 Å². The molecular formula is C32H34N4. The fourth-order valence-corrected chi connectivity index (χ4v) is 4.22. The molecule has 4 aromatic rings. The Morgan fingerprint density at radius 2 is 1.94 bits per heavy atom. The number of rotatable bonds is 8. The van der Waals surface area contributed by atoms with Crippen LogP contribution in [0.3, 0.4) is 0 Å². The lowest BCUT2D eigenvalue weighted by Gasteiger charge is -2.13. The van der Waals surface area contributed by atoms with Crippen LogP contribution in [0.2, 0.25) is 0 Å². The van der Waals surface area contributed by atoms with Crippen LogP contribution in [0.1, 0.15) is 37.6 Å². The van der Waals surface area contributed by atoms with Crippen molar-refractivity contribution < 1.29 is 0 Å². The standard InChI is InChI=1S/C30H32N4.C2H2/c1-5-21(16-25(6-2)33-20(3)4)22-12-13-29(31)24(15-22)17-26-18-28-27(10-7-11-30(28)34-26)23-9-8-14-32-19-23;1-2/h5-16,18-20,33-34H,2,17,31H2,1,3-4H3;1-2H/b21-5+,25-16+;. The van der Waals surface area contributed by atoms with E-state index >= 15 is 0 Å². The van der Waals surface area contributed by atoms with Crippen molar-refractivity contribution in [2.45, 2.75) is 33.2 Å². The number of hydrogen-bond acceptors (Lipinski definition) is 3. The van der Waals surface area contributed by atoms with Crippen molar-refractivity contribution in [3.8, 4) is 24.0 Å². The van der Waals surface area contributed by atoms with Gasteiger partial charge < -0.3 is 16.0 Å². The van der Waals surface area contributed by atoms with Gasteiger partial charge in [-0.15, -0.1) is 12.8 Å². The van der Waals surface area contributed by atoms with E-state index in [9.17, 15) is 0 Å². The van der Waals surface area contributed by atoms with Crippen molar-refractivity contribution >= 4 is 22.2 Å². The number of aromatic nitrogens is 2. The number of aromatic amines is 1. The summed E-state index contributed by atoms with van der Waals surface area (Å²) in [6, 6.07) is 19.2. The van der Waals surface area contributed by atoms with E-state index in [4.69, 9.17) is 5.73 Å². The van der Waals surface area contributed by atoms with Gasteiger partial charge in [-0.25, -0.2) is 0 Å². The maximum atomic E-state index is 6.40. The minimum Gasteiger partial charge on any atom is -0.398 e. The van der Waals surface area contributed by atoms with Gasteiger partial charge in [-0.2, -0.15) is 0 Å². The third-order valence-corrected chi connectivity index (χ3v) is 5.85. The summed E-state index contributed by atoms with van der Waals surface area (Å²) in [6.45, 7) is 10.2. The molecule has 0 saturated carbocycles. The fraction of sp³-hybridized carbons (Fsp3) is 0.156. The Balaban J connectivity index is 0.00000176. The number of terminal acetylenes is 1. The molecule has 4 rings (SSSR count). The monoisotopic (exact) mass is 474 g/mol. The van der Waals surface area contributed by atoms with Gasteiger partial charge in [-0.3, -0.25) is 4.98 Å². The molecule has 0 bridgehead atoms. The van der Waals surface area contributed by atoms with E-state index in [-0.39, 0.29) is 0 Å². The molecule has 0 radical (unpaired) electrons. The summed E-state index contributed by atoms with van der Waals surface area (Å²) in [4.78, 5) is 7.86. The molecule has 0 amide bonds. The van der Waals surface area contributed by atoms with Crippen molar-refractivity contribution in [1.29, 1.82) is 0 Å². The zero-order valence-corrected chi connectivity index (χ0v) is 21.3. The lowest BCUT2D eigenvalue weighted by molar-refractivity contribution is 0.682. The highest BCUT2D eigenvalue weighted by molar-refractivity contribution is 5.95. The second-order valence-corrected chi connectivity index (χ2v) is 8.74. The highest BCUT2D eigenvalue weighted by Crippen LogP contribution is 2.30. The van der Waals surface area contributed by atoms with Crippen LogP contribution in [0.15, 0.2) is 97.5 Å². The predicted molar refractivity (Wildman–Crippen MR) is 155 cm³/mol. The van der Waals surface area contributed by atoms with Gasteiger partial charge in [0.05, 0.1) is 0 Å². The second kappa shape index (κ2) is 12.3. The number of nitrogens with zero attached hydrogens (tertiary/aromatic N) is 1. The average Bonchev–Trinajstić information content (AvgIpc) is 3.32. The van der Waals surface area contributed by atoms with Crippen molar-refractivity contribution in [3.05, 3.63) is 114 Å². The SMILES string of the molecule is C#C.C=C/C(=C\C(=C/C)c1ccc(N)c(Cc2cc3c(-c4cccnc4)cccc3[nH]2)c1)NC(C)C.